The molecule has 130 valence electrons. The quantitative estimate of drug-likeness (QED) is 0.626. The van der Waals surface area contributed by atoms with E-state index in [1.807, 2.05) is 6.07 Å². The summed E-state index contributed by atoms with van der Waals surface area (Å²) in [5.74, 6) is -0.998. The van der Waals surface area contributed by atoms with Crippen molar-refractivity contribution in [2.45, 2.75) is 30.6 Å². The van der Waals surface area contributed by atoms with Crippen molar-refractivity contribution in [1.82, 2.24) is 20.2 Å². The molecule has 1 aromatic carbocycles. The Labute approximate surface area is 153 Å². The molecule has 0 N–H and O–H groups in total. The number of halogens is 3. The van der Waals surface area contributed by atoms with Crippen LogP contribution in [0.15, 0.2) is 36.5 Å². The molecule has 5 rings (SSSR count). The van der Waals surface area contributed by atoms with Crippen LogP contribution in [0.1, 0.15) is 42.1 Å². The van der Waals surface area contributed by atoms with E-state index in [4.69, 9.17) is 11.6 Å². The molecule has 2 atom stereocenters. The highest BCUT2D eigenvalue weighted by atomic mass is 35.5. The predicted octanol–water partition coefficient (Wildman–Crippen LogP) is 4.43. The van der Waals surface area contributed by atoms with Crippen LogP contribution in [0.2, 0.25) is 5.28 Å². The van der Waals surface area contributed by atoms with Crippen LogP contribution in [0.4, 0.5) is 8.78 Å². The summed E-state index contributed by atoms with van der Waals surface area (Å²) >= 11 is 5.98. The molecule has 3 aromatic rings. The molecule has 0 unspecified atom stereocenters. The Balaban J connectivity index is 1.67. The van der Waals surface area contributed by atoms with Crippen molar-refractivity contribution in [3.05, 3.63) is 70.4 Å². The number of nitrogens with zero attached hydrogens (tertiary/aromatic N) is 4. The van der Waals surface area contributed by atoms with Crippen LogP contribution in [-0.4, -0.2) is 20.2 Å². The van der Waals surface area contributed by atoms with Crippen LogP contribution in [0, 0.1) is 11.6 Å². The van der Waals surface area contributed by atoms with E-state index in [1.165, 1.54) is 18.2 Å². The van der Waals surface area contributed by atoms with E-state index in [2.05, 4.69) is 20.2 Å². The average molecular weight is 371 g/mol. The Morgan fingerprint density at radius 3 is 2.69 bits per heavy atom. The fraction of sp³-hybridized carbons (Fsp3) is 0.263. The molecule has 26 heavy (non-hydrogen) atoms. The molecule has 0 amide bonds. The zero-order valence-electron chi connectivity index (χ0n) is 13.6. The normalized spacial score (nSPS) is 23.3. The van der Waals surface area contributed by atoms with E-state index in [-0.39, 0.29) is 27.9 Å². The minimum atomic E-state index is -0.639. The zero-order chi connectivity index (χ0) is 17.9. The highest BCUT2D eigenvalue weighted by molar-refractivity contribution is 6.28. The summed E-state index contributed by atoms with van der Waals surface area (Å²) in [7, 11) is 0. The third kappa shape index (κ3) is 2.11. The molecule has 0 saturated heterocycles. The van der Waals surface area contributed by atoms with Crippen LogP contribution in [0.25, 0.3) is 11.3 Å². The average Bonchev–Trinajstić information content (AvgIpc) is 3.20. The Kier molecular flexibility index (Phi) is 3.34. The number of aromatic nitrogens is 4. The lowest BCUT2D eigenvalue weighted by atomic mass is 9.80. The first kappa shape index (κ1) is 15.8. The van der Waals surface area contributed by atoms with Crippen LogP contribution in [0.3, 0.4) is 0 Å². The first-order chi connectivity index (χ1) is 12.6. The second-order valence-corrected chi connectivity index (χ2v) is 7.20. The van der Waals surface area contributed by atoms with Gasteiger partial charge in [0, 0.05) is 6.20 Å². The first-order valence-corrected chi connectivity index (χ1v) is 8.78. The molecule has 0 aliphatic heterocycles. The maximum Gasteiger partial charge on any atom is 0.222 e. The highest BCUT2D eigenvalue weighted by Crippen LogP contribution is 2.59. The van der Waals surface area contributed by atoms with E-state index >= 15 is 0 Å². The minimum Gasteiger partial charge on any atom is -0.227 e. The van der Waals surface area contributed by atoms with Crippen molar-refractivity contribution in [1.29, 1.82) is 0 Å². The van der Waals surface area contributed by atoms with Crippen molar-refractivity contribution in [2.75, 3.05) is 0 Å². The number of hydrogen-bond donors (Lipinski definition) is 0. The van der Waals surface area contributed by atoms with Gasteiger partial charge in [-0.3, -0.25) is 0 Å². The van der Waals surface area contributed by atoms with Crippen LogP contribution < -0.4 is 0 Å². The van der Waals surface area contributed by atoms with Gasteiger partial charge in [0.1, 0.15) is 11.6 Å². The van der Waals surface area contributed by atoms with E-state index in [1.54, 1.807) is 12.3 Å². The zero-order valence-corrected chi connectivity index (χ0v) is 14.3. The maximum absolute atomic E-state index is 14.1. The summed E-state index contributed by atoms with van der Waals surface area (Å²) in [6.07, 6.45) is 4.37. The van der Waals surface area contributed by atoms with Crippen molar-refractivity contribution >= 4 is 11.6 Å². The third-order valence-corrected chi connectivity index (χ3v) is 5.75. The second kappa shape index (κ2) is 5.51. The summed E-state index contributed by atoms with van der Waals surface area (Å²) in [6, 6.07) is 7.42. The smallest absolute Gasteiger partial charge is 0.222 e. The van der Waals surface area contributed by atoms with Gasteiger partial charge in [0.25, 0.3) is 0 Å². The lowest BCUT2D eigenvalue weighted by molar-refractivity contribution is 0.508. The number of benzene rings is 1. The molecule has 2 aliphatic carbocycles. The van der Waals surface area contributed by atoms with Gasteiger partial charge >= 0.3 is 0 Å². The molecular formula is C19H13ClF2N4. The standard InChI is InChI=1S/C19H13ClF2N4/c20-18-23-7-5-15(24-18)19-6-4-10(9-19)11-8-14(25-26-17(11)19)16-12(21)2-1-3-13(16)22/h1-3,5,7-8,10H,4,6,9H2/t10-,19+/m1/s1. The molecule has 2 aliphatic rings. The lowest BCUT2D eigenvalue weighted by Crippen LogP contribution is -2.26. The molecule has 0 radical (unpaired) electrons. The summed E-state index contributed by atoms with van der Waals surface area (Å²) in [6.45, 7) is 0. The summed E-state index contributed by atoms with van der Waals surface area (Å²) < 4.78 is 28.2. The third-order valence-electron chi connectivity index (χ3n) is 5.57. The number of rotatable bonds is 2. The lowest BCUT2D eigenvalue weighted by Gasteiger charge is -2.26. The predicted molar refractivity (Wildman–Crippen MR) is 91.8 cm³/mol. The number of fused-ring (bicyclic) bond motifs is 5. The van der Waals surface area contributed by atoms with Crippen LogP contribution in [-0.2, 0) is 5.41 Å². The Bertz CT molecular complexity index is 1020. The largest absolute Gasteiger partial charge is 0.227 e. The van der Waals surface area contributed by atoms with E-state index < -0.39 is 11.6 Å². The first-order valence-electron chi connectivity index (χ1n) is 8.40. The molecular weight excluding hydrogens is 358 g/mol. The van der Waals surface area contributed by atoms with Crippen molar-refractivity contribution in [3.8, 4) is 11.3 Å². The van der Waals surface area contributed by atoms with Gasteiger partial charge in [-0.15, -0.1) is 5.10 Å². The number of hydrogen-bond acceptors (Lipinski definition) is 4. The van der Waals surface area contributed by atoms with Gasteiger partial charge in [0.15, 0.2) is 0 Å². The van der Waals surface area contributed by atoms with Gasteiger partial charge < -0.3 is 0 Å². The van der Waals surface area contributed by atoms with Gasteiger partial charge in [-0.2, -0.15) is 5.10 Å². The van der Waals surface area contributed by atoms with E-state index in [9.17, 15) is 8.78 Å². The van der Waals surface area contributed by atoms with Gasteiger partial charge in [-0.1, -0.05) is 6.07 Å². The van der Waals surface area contributed by atoms with Crippen molar-refractivity contribution < 1.29 is 8.78 Å². The minimum absolute atomic E-state index is 0.135. The molecule has 2 heterocycles. The summed E-state index contributed by atoms with van der Waals surface area (Å²) in [5.41, 5.74) is 2.42. The van der Waals surface area contributed by atoms with E-state index in [0.717, 1.165) is 36.2 Å². The summed E-state index contributed by atoms with van der Waals surface area (Å²) in [5, 5.41) is 8.74. The van der Waals surface area contributed by atoms with Gasteiger partial charge in [0.2, 0.25) is 5.28 Å². The fourth-order valence-corrected chi connectivity index (χ4v) is 4.58. The van der Waals surface area contributed by atoms with Crippen molar-refractivity contribution in [2.24, 2.45) is 0 Å². The fourth-order valence-electron chi connectivity index (χ4n) is 4.44. The second-order valence-electron chi connectivity index (χ2n) is 6.86. The molecule has 4 nitrogen and oxygen atoms in total. The molecule has 0 spiro atoms. The topological polar surface area (TPSA) is 51.6 Å². The summed E-state index contributed by atoms with van der Waals surface area (Å²) in [4.78, 5) is 8.35. The SMILES string of the molecule is Fc1cccc(F)c1-c1cc2c(nn1)[C@@]1(c3ccnc(Cl)n3)CC[C@@H]2C1. The molecule has 7 heteroatoms. The monoisotopic (exact) mass is 370 g/mol. The van der Waals surface area contributed by atoms with Crippen LogP contribution >= 0.6 is 11.6 Å². The Morgan fingerprint density at radius 2 is 1.92 bits per heavy atom. The Morgan fingerprint density at radius 1 is 1.12 bits per heavy atom. The van der Waals surface area contributed by atoms with Gasteiger partial charge in [-0.05, 0) is 66.6 Å². The maximum atomic E-state index is 14.1. The van der Waals surface area contributed by atoms with Crippen LogP contribution in [0.5, 0.6) is 0 Å². The van der Waals surface area contributed by atoms with Gasteiger partial charge in [-0.25, -0.2) is 18.7 Å². The van der Waals surface area contributed by atoms with Gasteiger partial charge in [0.05, 0.1) is 28.1 Å². The van der Waals surface area contributed by atoms with E-state index in [0.29, 0.717) is 0 Å². The highest BCUT2D eigenvalue weighted by Gasteiger charge is 2.53. The van der Waals surface area contributed by atoms with Crippen molar-refractivity contribution in [3.63, 3.8) is 0 Å². The molecule has 1 saturated carbocycles. The molecule has 1 fully saturated rings. The molecule has 2 bridgehead atoms. The molecule has 2 aromatic heterocycles. The Hall–Kier alpha value is -2.47.